The largest absolute Gasteiger partial charge is 0.493 e. The van der Waals surface area contributed by atoms with Gasteiger partial charge in [-0.15, -0.1) is 0 Å². The fourth-order valence-corrected chi connectivity index (χ4v) is 2.66. The highest BCUT2D eigenvalue weighted by atomic mass is 16.5. The van der Waals surface area contributed by atoms with E-state index < -0.39 is 5.97 Å². The summed E-state index contributed by atoms with van der Waals surface area (Å²) in [6.07, 6.45) is 4.84. The molecule has 138 valence electrons. The normalized spacial score (nSPS) is 11.1. The molecule has 0 amide bonds. The Balaban J connectivity index is 2.03. The molecule has 0 aliphatic heterocycles. The van der Waals surface area contributed by atoms with Crippen molar-refractivity contribution in [2.75, 3.05) is 14.2 Å². The number of rotatable bonds is 5. The molecule has 2 aromatic heterocycles. The van der Waals surface area contributed by atoms with Crippen LogP contribution in [0.2, 0.25) is 0 Å². The SMILES string of the molecule is COc1ccc(/C=C/c2nc3ccc(C(=O)O)cn3c(=O)c2C)cc1OC. The lowest BCUT2D eigenvalue weighted by Gasteiger charge is -2.08. The van der Waals surface area contributed by atoms with E-state index in [9.17, 15) is 9.59 Å². The van der Waals surface area contributed by atoms with Gasteiger partial charge in [-0.2, -0.15) is 0 Å². The Kier molecular flexibility index (Phi) is 4.94. The molecule has 7 heteroatoms. The average Bonchev–Trinajstić information content (AvgIpc) is 2.68. The van der Waals surface area contributed by atoms with Gasteiger partial charge in [-0.05, 0) is 42.8 Å². The van der Waals surface area contributed by atoms with Crippen LogP contribution in [0.25, 0.3) is 17.8 Å². The smallest absolute Gasteiger partial charge is 0.337 e. The van der Waals surface area contributed by atoms with Crippen LogP contribution in [0, 0.1) is 6.92 Å². The molecule has 0 unspecified atom stereocenters. The number of aromatic nitrogens is 2. The maximum absolute atomic E-state index is 12.6. The lowest BCUT2D eigenvalue weighted by atomic mass is 10.1. The van der Waals surface area contributed by atoms with Crippen LogP contribution in [0.15, 0.2) is 41.3 Å². The minimum atomic E-state index is -1.10. The number of methoxy groups -OCH3 is 2. The molecule has 0 atom stereocenters. The molecule has 0 spiro atoms. The number of carboxylic acids is 1. The number of hydrogen-bond acceptors (Lipinski definition) is 5. The van der Waals surface area contributed by atoms with Crippen LogP contribution in [-0.4, -0.2) is 34.7 Å². The van der Waals surface area contributed by atoms with E-state index >= 15 is 0 Å². The minimum absolute atomic E-state index is 0.0272. The van der Waals surface area contributed by atoms with Gasteiger partial charge < -0.3 is 14.6 Å². The van der Waals surface area contributed by atoms with Gasteiger partial charge in [0.25, 0.3) is 5.56 Å². The third kappa shape index (κ3) is 3.52. The molecule has 7 nitrogen and oxygen atoms in total. The first kappa shape index (κ1) is 18.2. The Morgan fingerprint density at radius 3 is 2.52 bits per heavy atom. The van der Waals surface area contributed by atoms with Crippen molar-refractivity contribution in [3.8, 4) is 11.5 Å². The lowest BCUT2D eigenvalue weighted by Crippen LogP contribution is -2.20. The molecule has 0 bridgehead atoms. The molecule has 0 saturated carbocycles. The summed E-state index contributed by atoms with van der Waals surface area (Å²) in [4.78, 5) is 28.1. The van der Waals surface area contributed by atoms with Crippen molar-refractivity contribution >= 4 is 23.8 Å². The Hall–Kier alpha value is -3.61. The van der Waals surface area contributed by atoms with Crippen LogP contribution in [-0.2, 0) is 0 Å². The van der Waals surface area contributed by atoms with Crippen LogP contribution >= 0.6 is 0 Å². The quantitative estimate of drug-likeness (QED) is 0.747. The maximum atomic E-state index is 12.6. The summed E-state index contributed by atoms with van der Waals surface area (Å²) in [5.74, 6) is 0.130. The fraction of sp³-hybridized carbons (Fsp3) is 0.150. The first-order valence-corrected chi connectivity index (χ1v) is 8.11. The molecule has 0 radical (unpaired) electrons. The number of pyridine rings is 1. The highest BCUT2D eigenvalue weighted by Crippen LogP contribution is 2.28. The summed E-state index contributed by atoms with van der Waals surface area (Å²) >= 11 is 0. The van der Waals surface area contributed by atoms with Gasteiger partial charge in [0.2, 0.25) is 0 Å². The molecule has 27 heavy (non-hydrogen) atoms. The summed E-state index contributed by atoms with van der Waals surface area (Å²) in [7, 11) is 3.13. The summed E-state index contributed by atoms with van der Waals surface area (Å²) < 4.78 is 11.7. The zero-order valence-electron chi connectivity index (χ0n) is 15.1. The number of carboxylic acid groups (broad SMARTS) is 1. The predicted octanol–water partition coefficient (Wildman–Crippen LogP) is 2.89. The van der Waals surface area contributed by atoms with E-state index in [1.807, 2.05) is 18.2 Å². The number of nitrogens with zero attached hydrogens (tertiary/aromatic N) is 2. The molecule has 0 aliphatic rings. The standard InChI is InChI=1S/C20H18N2O5/c1-12-15(7-4-13-5-8-16(26-2)17(10-13)27-3)21-18-9-6-14(20(24)25)11-22(18)19(12)23/h4-11H,1-3H3,(H,24,25)/b7-4+. The van der Waals surface area contributed by atoms with Crippen molar-refractivity contribution in [3.63, 3.8) is 0 Å². The number of ether oxygens (including phenoxy) is 2. The van der Waals surface area contributed by atoms with Crippen molar-refractivity contribution in [1.29, 1.82) is 0 Å². The molecular formula is C20H18N2O5. The van der Waals surface area contributed by atoms with E-state index in [1.54, 1.807) is 33.3 Å². The number of aromatic carboxylic acids is 1. The van der Waals surface area contributed by atoms with Crippen LogP contribution in [0.3, 0.4) is 0 Å². The van der Waals surface area contributed by atoms with Crippen molar-refractivity contribution in [2.45, 2.75) is 6.92 Å². The van der Waals surface area contributed by atoms with Crippen molar-refractivity contribution in [3.05, 3.63) is 69.3 Å². The molecule has 1 N–H and O–H groups in total. The Morgan fingerprint density at radius 2 is 1.85 bits per heavy atom. The van der Waals surface area contributed by atoms with E-state index in [-0.39, 0.29) is 11.1 Å². The number of benzene rings is 1. The zero-order valence-corrected chi connectivity index (χ0v) is 15.1. The molecule has 2 heterocycles. The predicted molar refractivity (Wildman–Crippen MR) is 102 cm³/mol. The topological polar surface area (TPSA) is 90.1 Å². The Morgan fingerprint density at radius 1 is 1.11 bits per heavy atom. The second kappa shape index (κ2) is 7.33. The van der Waals surface area contributed by atoms with Gasteiger partial charge in [-0.3, -0.25) is 9.20 Å². The molecule has 1 aromatic carbocycles. The first-order valence-electron chi connectivity index (χ1n) is 8.11. The molecule has 3 rings (SSSR count). The average molecular weight is 366 g/mol. The summed E-state index contributed by atoms with van der Waals surface area (Å²) in [6.45, 7) is 1.66. The van der Waals surface area contributed by atoms with Crippen LogP contribution in [0.5, 0.6) is 11.5 Å². The van der Waals surface area contributed by atoms with Gasteiger partial charge in [0.15, 0.2) is 11.5 Å². The second-order valence-corrected chi connectivity index (χ2v) is 5.83. The molecule has 0 fully saturated rings. The molecule has 0 saturated heterocycles. The number of carbonyl (C=O) groups is 1. The Bertz CT molecular complexity index is 1120. The van der Waals surface area contributed by atoms with E-state index in [0.29, 0.717) is 28.4 Å². The highest BCUT2D eigenvalue weighted by Gasteiger charge is 2.10. The first-order chi connectivity index (χ1) is 12.9. The van der Waals surface area contributed by atoms with Crippen molar-refractivity contribution in [1.82, 2.24) is 9.38 Å². The number of fused-ring (bicyclic) bond motifs is 1. The van der Waals surface area contributed by atoms with Gasteiger partial charge in [0, 0.05) is 11.8 Å². The third-order valence-electron chi connectivity index (χ3n) is 4.17. The lowest BCUT2D eigenvalue weighted by molar-refractivity contribution is 0.0696. The minimum Gasteiger partial charge on any atom is -0.493 e. The van der Waals surface area contributed by atoms with Gasteiger partial charge >= 0.3 is 5.97 Å². The van der Waals surface area contributed by atoms with E-state index in [1.165, 1.54) is 22.7 Å². The fourth-order valence-electron chi connectivity index (χ4n) is 2.66. The monoisotopic (exact) mass is 366 g/mol. The van der Waals surface area contributed by atoms with E-state index in [2.05, 4.69) is 4.98 Å². The molecule has 3 aromatic rings. The van der Waals surface area contributed by atoms with Crippen LogP contribution in [0.4, 0.5) is 0 Å². The van der Waals surface area contributed by atoms with Gasteiger partial charge in [-0.25, -0.2) is 9.78 Å². The zero-order chi connectivity index (χ0) is 19.6. The van der Waals surface area contributed by atoms with Crippen LogP contribution < -0.4 is 15.0 Å². The van der Waals surface area contributed by atoms with Crippen molar-refractivity contribution < 1.29 is 19.4 Å². The second-order valence-electron chi connectivity index (χ2n) is 5.83. The Labute approximate surface area is 155 Å². The summed E-state index contributed by atoms with van der Waals surface area (Å²) in [5, 5.41) is 9.08. The van der Waals surface area contributed by atoms with Gasteiger partial charge in [-0.1, -0.05) is 12.1 Å². The third-order valence-corrected chi connectivity index (χ3v) is 4.17. The van der Waals surface area contributed by atoms with Crippen molar-refractivity contribution in [2.24, 2.45) is 0 Å². The molecular weight excluding hydrogens is 348 g/mol. The number of hydrogen-bond donors (Lipinski definition) is 1. The van der Waals surface area contributed by atoms with Crippen LogP contribution in [0.1, 0.15) is 27.2 Å². The van der Waals surface area contributed by atoms with E-state index in [4.69, 9.17) is 14.6 Å². The summed E-state index contributed by atoms with van der Waals surface area (Å²) in [5.41, 5.74) is 1.89. The van der Waals surface area contributed by atoms with Gasteiger partial charge in [0.1, 0.15) is 5.65 Å². The molecule has 0 aliphatic carbocycles. The van der Waals surface area contributed by atoms with Gasteiger partial charge in [0.05, 0.1) is 25.5 Å². The summed E-state index contributed by atoms with van der Waals surface area (Å²) in [6, 6.07) is 8.40. The highest BCUT2D eigenvalue weighted by molar-refractivity contribution is 5.87. The maximum Gasteiger partial charge on any atom is 0.337 e. The van der Waals surface area contributed by atoms with E-state index in [0.717, 1.165) is 5.56 Å².